The molecular formula is C20H16ClN3S. The highest BCUT2D eigenvalue weighted by Gasteiger charge is 2.00. The van der Waals surface area contributed by atoms with Crippen LogP contribution in [0.1, 0.15) is 5.56 Å². The first-order chi connectivity index (χ1) is 12.3. The summed E-state index contributed by atoms with van der Waals surface area (Å²) in [5.74, 6) is 0. The van der Waals surface area contributed by atoms with Crippen LogP contribution in [0.25, 0.3) is 16.2 Å². The monoisotopic (exact) mass is 365 g/mol. The molecule has 1 aromatic heterocycles. The van der Waals surface area contributed by atoms with E-state index < -0.39 is 0 Å². The molecule has 0 amide bonds. The zero-order valence-corrected chi connectivity index (χ0v) is 15.0. The van der Waals surface area contributed by atoms with E-state index in [1.165, 1.54) is 4.70 Å². The van der Waals surface area contributed by atoms with Crippen molar-refractivity contribution in [3.05, 3.63) is 84.5 Å². The second-order valence-corrected chi connectivity index (χ2v) is 6.53. The van der Waals surface area contributed by atoms with Gasteiger partial charge in [0, 0.05) is 4.70 Å². The lowest BCUT2D eigenvalue weighted by Gasteiger charge is -1.88. The number of allylic oxidation sites excluding steroid dienone is 2. The van der Waals surface area contributed by atoms with Crippen molar-refractivity contribution in [2.24, 2.45) is 15.2 Å². The third-order valence-electron chi connectivity index (χ3n) is 3.29. The fraction of sp³-hybridized carbons (Fsp3) is 0.0500. The summed E-state index contributed by atoms with van der Waals surface area (Å²) in [5, 5.41) is 10.0. The lowest BCUT2D eigenvalue weighted by atomic mass is 10.2. The zero-order valence-electron chi connectivity index (χ0n) is 13.4. The molecule has 2 aromatic carbocycles. The maximum Gasteiger partial charge on any atom is 0.243 e. The maximum absolute atomic E-state index is 6.02. The SMILES string of the molecule is ClC(/N=N/C/C=C/C=C\c1ccccc1)=N/c1cc2ccccc2s1. The molecule has 5 heteroatoms. The van der Waals surface area contributed by atoms with Crippen LogP contribution in [0, 0.1) is 0 Å². The second-order valence-electron chi connectivity index (χ2n) is 5.13. The predicted octanol–water partition coefficient (Wildman–Crippen LogP) is 6.85. The summed E-state index contributed by atoms with van der Waals surface area (Å²) in [6.45, 7) is 0.456. The normalized spacial score (nSPS) is 12.9. The van der Waals surface area contributed by atoms with Crippen molar-refractivity contribution in [1.29, 1.82) is 0 Å². The fourth-order valence-corrected chi connectivity index (χ4v) is 3.28. The van der Waals surface area contributed by atoms with Crippen molar-refractivity contribution in [2.45, 2.75) is 0 Å². The molecule has 124 valence electrons. The Balaban J connectivity index is 1.51. The molecule has 3 rings (SSSR count). The second kappa shape index (κ2) is 9.06. The number of nitrogens with zero attached hydrogens (tertiary/aromatic N) is 3. The van der Waals surface area contributed by atoms with Gasteiger partial charge in [0.2, 0.25) is 5.29 Å². The molecule has 0 unspecified atom stereocenters. The summed E-state index contributed by atoms with van der Waals surface area (Å²) in [5.41, 5.74) is 1.16. The Kier molecular flexibility index (Phi) is 6.26. The Morgan fingerprint density at radius 3 is 2.64 bits per heavy atom. The molecule has 0 aliphatic heterocycles. The van der Waals surface area contributed by atoms with Gasteiger partial charge < -0.3 is 0 Å². The number of thiophene rings is 1. The molecule has 0 saturated heterocycles. The Bertz CT molecular complexity index is 907. The van der Waals surface area contributed by atoms with Crippen molar-refractivity contribution in [2.75, 3.05) is 6.54 Å². The number of azo groups is 1. The molecule has 0 saturated carbocycles. The van der Waals surface area contributed by atoms with Crippen LogP contribution >= 0.6 is 22.9 Å². The van der Waals surface area contributed by atoms with Crippen LogP contribution in [0.15, 0.2) is 94.1 Å². The Hall–Kier alpha value is -2.56. The molecule has 0 fully saturated rings. The molecule has 0 radical (unpaired) electrons. The van der Waals surface area contributed by atoms with Crippen molar-refractivity contribution >= 4 is 49.4 Å². The summed E-state index contributed by atoms with van der Waals surface area (Å²) in [6.07, 6.45) is 7.84. The Morgan fingerprint density at radius 2 is 1.80 bits per heavy atom. The number of benzene rings is 2. The standard InChI is InChI=1S/C20H16ClN3S/c21-20(23-19-15-17-12-6-7-13-18(17)25-19)24-22-14-8-2-5-11-16-9-3-1-4-10-16/h1-13,15H,14H2/b8-2+,11-5-,23-20-,24-22+. The third kappa shape index (κ3) is 5.48. The molecule has 25 heavy (non-hydrogen) atoms. The average Bonchev–Trinajstić information content (AvgIpc) is 3.04. The molecule has 1 heterocycles. The quantitative estimate of drug-likeness (QED) is 0.156. The summed E-state index contributed by atoms with van der Waals surface area (Å²) < 4.78 is 1.18. The van der Waals surface area contributed by atoms with E-state index >= 15 is 0 Å². The van der Waals surface area contributed by atoms with E-state index in [1.807, 2.05) is 78.9 Å². The van der Waals surface area contributed by atoms with E-state index in [0.717, 1.165) is 16.0 Å². The van der Waals surface area contributed by atoms with Crippen LogP contribution in [-0.4, -0.2) is 11.8 Å². The third-order valence-corrected chi connectivity index (χ3v) is 4.46. The van der Waals surface area contributed by atoms with Crippen molar-refractivity contribution < 1.29 is 0 Å². The van der Waals surface area contributed by atoms with Gasteiger partial charge in [0.25, 0.3) is 0 Å². The molecule has 0 bridgehead atoms. The van der Waals surface area contributed by atoms with Gasteiger partial charge in [0.15, 0.2) is 0 Å². The van der Waals surface area contributed by atoms with Crippen LogP contribution in [-0.2, 0) is 0 Å². The number of aliphatic imine (C=N–C) groups is 1. The van der Waals surface area contributed by atoms with E-state index in [1.54, 1.807) is 11.3 Å². The number of fused-ring (bicyclic) bond motifs is 1. The Labute approximate surface area is 155 Å². The summed E-state index contributed by atoms with van der Waals surface area (Å²) in [4.78, 5) is 4.27. The van der Waals surface area contributed by atoms with E-state index in [4.69, 9.17) is 11.6 Å². The van der Waals surface area contributed by atoms with Crippen molar-refractivity contribution in [3.8, 4) is 0 Å². The minimum atomic E-state index is 0.139. The van der Waals surface area contributed by atoms with E-state index in [-0.39, 0.29) is 5.29 Å². The highest BCUT2D eigenvalue weighted by Crippen LogP contribution is 2.31. The fourth-order valence-electron chi connectivity index (χ4n) is 2.15. The van der Waals surface area contributed by atoms with E-state index in [0.29, 0.717) is 6.54 Å². The first-order valence-corrected chi connectivity index (χ1v) is 8.99. The van der Waals surface area contributed by atoms with Gasteiger partial charge in [-0.3, -0.25) is 0 Å². The first kappa shape index (κ1) is 17.3. The van der Waals surface area contributed by atoms with Crippen molar-refractivity contribution in [3.63, 3.8) is 0 Å². The largest absolute Gasteiger partial charge is 0.243 e. The minimum absolute atomic E-state index is 0.139. The molecule has 0 N–H and O–H groups in total. The van der Waals surface area contributed by atoms with Crippen molar-refractivity contribution in [1.82, 2.24) is 0 Å². The first-order valence-electron chi connectivity index (χ1n) is 7.80. The van der Waals surface area contributed by atoms with E-state index in [2.05, 4.69) is 21.3 Å². The predicted molar refractivity (Wildman–Crippen MR) is 109 cm³/mol. The van der Waals surface area contributed by atoms with Crippen LogP contribution in [0.3, 0.4) is 0 Å². The average molecular weight is 366 g/mol. The van der Waals surface area contributed by atoms with Gasteiger partial charge in [-0.2, -0.15) is 5.11 Å². The molecule has 0 spiro atoms. The summed E-state index contributed by atoms with van der Waals surface area (Å²) in [7, 11) is 0. The number of amidine groups is 1. The molecule has 3 nitrogen and oxygen atoms in total. The van der Waals surface area contributed by atoms with Gasteiger partial charge in [-0.15, -0.1) is 16.5 Å². The van der Waals surface area contributed by atoms with Gasteiger partial charge in [-0.05, 0) is 34.7 Å². The lowest BCUT2D eigenvalue weighted by Crippen LogP contribution is -1.78. The van der Waals surface area contributed by atoms with Gasteiger partial charge in [0.1, 0.15) is 5.00 Å². The van der Waals surface area contributed by atoms with Crippen LogP contribution in [0.5, 0.6) is 0 Å². The summed E-state index contributed by atoms with van der Waals surface area (Å²) in [6, 6.07) is 20.2. The maximum atomic E-state index is 6.02. The highest BCUT2D eigenvalue weighted by molar-refractivity contribution is 7.22. The minimum Gasteiger partial charge on any atom is -0.206 e. The molecule has 0 aliphatic rings. The highest BCUT2D eigenvalue weighted by atomic mass is 35.5. The van der Waals surface area contributed by atoms with Crippen LogP contribution in [0.4, 0.5) is 5.00 Å². The zero-order chi connectivity index (χ0) is 17.3. The summed E-state index contributed by atoms with van der Waals surface area (Å²) >= 11 is 7.60. The van der Waals surface area contributed by atoms with Crippen LogP contribution < -0.4 is 0 Å². The molecular weight excluding hydrogens is 350 g/mol. The number of hydrogen-bond acceptors (Lipinski definition) is 3. The number of halogens is 1. The van der Waals surface area contributed by atoms with Gasteiger partial charge >= 0.3 is 0 Å². The van der Waals surface area contributed by atoms with Gasteiger partial charge in [-0.25, -0.2) is 4.99 Å². The molecule has 3 aromatic rings. The van der Waals surface area contributed by atoms with Crippen LogP contribution in [0.2, 0.25) is 0 Å². The number of hydrogen-bond donors (Lipinski definition) is 0. The van der Waals surface area contributed by atoms with Gasteiger partial charge in [-0.1, -0.05) is 72.8 Å². The smallest absolute Gasteiger partial charge is 0.206 e. The molecule has 0 aliphatic carbocycles. The molecule has 0 atom stereocenters. The Morgan fingerprint density at radius 1 is 1.00 bits per heavy atom. The topological polar surface area (TPSA) is 37.1 Å². The number of rotatable bonds is 5. The van der Waals surface area contributed by atoms with E-state index in [9.17, 15) is 0 Å². The van der Waals surface area contributed by atoms with Gasteiger partial charge in [0.05, 0.1) is 6.54 Å². The lowest BCUT2D eigenvalue weighted by molar-refractivity contribution is 1.10.